The predicted octanol–water partition coefficient (Wildman–Crippen LogP) is 4.57. The molecular formula is C25H23FN4O. The van der Waals surface area contributed by atoms with Crippen LogP contribution in [0.2, 0.25) is 0 Å². The van der Waals surface area contributed by atoms with Crippen LogP contribution in [0.15, 0.2) is 78.9 Å². The molecule has 0 bridgehead atoms. The molecule has 4 aromatic rings. The van der Waals surface area contributed by atoms with Crippen molar-refractivity contribution in [1.29, 1.82) is 0 Å². The van der Waals surface area contributed by atoms with Gasteiger partial charge < -0.3 is 4.74 Å². The van der Waals surface area contributed by atoms with Crippen LogP contribution in [-0.4, -0.2) is 46.2 Å². The van der Waals surface area contributed by atoms with E-state index in [1.54, 1.807) is 16.8 Å². The molecule has 1 aromatic heterocycles. The highest BCUT2D eigenvalue weighted by Gasteiger charge is 2.22. The van der Waals surface area contributed by atoms with Gasteiger partial charge in [0.05, 0.1) is 18.9 Å². The molecule has 0 amide bonds. The van der Waals surface area contributed by atoms with Crippen molar-refractivity contribution in [3.8, 4) is 28.1 Å². The van der Waals surface area contributed by atoms with Gasteiger partial charge in [0, 0.05) is 25.2 Å². The van der Waals surface area contributed by atoms with E-state index in [-0.39, 0.29) is 5.82 Å². The minimum absolute atomic E-state index is 0.282. The molecular weight excluding hydrogens is 391 g/mol. The normalized spacial score (nSPS) is 14.6. The van der Waals surface area contributed by atoms with Gasteiger partial charge in [-0.05, 0) is 35.4 Å². The second-order valence-corrected chi connectivity index (χ2v) is 7.58. The number of aromatic nitrogens is 3. The van der Waals surface area contributed by atoms with E-state index in [2.05, 4.69) is 39.5 Å². The van der Waals surface area contributed by atoms with Crippen molar-refractivity contribution < 1.29 is 9.13 Å². The molecule has 5 rings (SSSR count). The Morgan fingerprint density at radius 1 is 0.806 bits per heavy atom. The van der Waals surface area contributed by atoms with Crippen molar-refractivity contribution in [2.45, 2.75) is 6.54 Å². The summed E-state index contributed by atoms with van der Waals surface area (Å²) in [6.45, 7) is 3.66. The van der Waals surface area contributed by atoms with Crippen LogP contribution in [0.3, 0.4) is 0 Å². The van der Waals surface area contributed by atoms with Crippen LogP contribution in [0.1, 0.15) is 5.69 Å². The smallest absolute Gasteiger partial charge is 0.132 e. The minimum atomic E-state index is -0.282. The molecule has 1 fully saturated rings. The second kappa shape index (κ2) is 8.79. The van der Waals surface area contributed by atoms with Gasteiger partial charge in [0.25, 0.3) is 0 Å². The van der Waals surface area contributed by atoms with Gasteiger partial charge in [0.1, 0.15) is 17.2 Å². The molecule has 1 aliphatic rings. The standard InChI is InChI=1S/C25H23FN4O/c26-23-9-5-4-8-22(23)25-24(18-29-14-16-31-17-15-29)27-28-30(25)21-12-10-20(11-13-21)19-6-2-1-3-7-19/h1-13H,14-18H2. The second-order valence-electron chi connectivity index (χ2n) is 7.58. The Morgan fingerprint density at radius 2 is 1.48 bits per heavy atom. The van der Waals surface area contributed by atoms with E-state index in [0.29, 0.717) is 31.0 Å². The largest absolute Gasteiger partial charge is 0.379 e. The van der Waals surface area contributed by atoms with Gasteiger partial charge in [-0.3, -0.25) is 4.90 Å². The maximum Gasteiger partial charge on any atom is 0.132 e. The number of halogens is 1. The lowest BCUT2D eigenvalue weighted by Crippen LogP contribution is -2.35. The summed E-state index contributed by atoms with van der Waals surface area (Å²) in [4.78, 5) is 2.26. The number of morpholine rings is 1. The molecule has 0 spiro atoms. The molecule has 0 radical (unpaired) electrons. The molecule has 0 aliphatic carbocycles. The Kier molecular flexibility index (Phi) is 5.56. The van der Waals surface area contributed by atoms with Crippen molar-refractivity contribution >= 4 is 0 Å². The van der Waals surface area contributed by atoms with Gasteiger partial charge in [-0.1, -0.05) is 59.8 Å². The topological polar surface area (TPSA) is 43.2 Å². The summed E-state index contributed by atoms with van der Waals surface area (Å²) < 4.78 is 22.0. The fourth-order valence-electron chi connectivity index (χ4n) is 3.92. The lowest BCUT2D eigenvalue weighted by atomic mass is 10.1. The lowest BCUT2D eigenvalue weighted by Gasteiger charge is -2.26. The average Bonchev–Trinajstić information content (AvgIpc) is 3.24. The van der Waals surface area contributed by atoms with Crippen LogP contribution >= 0.6 is 0 Å². The molecule has 0 atom stereocenters. The summed E-state index contributed by atoms with van der Waals surface area (Å²) in [6, 6.07) is 25.1. The van der Waals surface area contributed by atoms with Gasteiger partial charge in [0.2, 0.25) is 0 Å². The van der Waals surface area contributed by atoms with Gasteiger partial charge >= 0.3 is 0 Å². The molecule has 0 unspecified atom stereocenters. The van der Waals surface area contributed by atoms with E-state index in [1.165, 1.54) is 6.07 Å². The fourth-order valence-corrected chi connectivity index (χ4v) is 3.92. The predicted molar refractivity (Wildman–Crippen MR) is 118 cm³/mol. The number of benzene rings is 3. The van der Waals surface area contributed by atoms with Crippen LogP contribution in [0.25, 0.3) is 28.1 Å². The van der Waals surface area contributed by atoms with E-state index in [4.69, 9.17) is 4.74 Å². The van der Waals surface area contributed by atoms with Crippen molar-refractivity contribution in [3.63, 3.8) is 0 Å². The maximum atomic E-state index is 14.8. The quantitative estimate of drug-likeness (QED) is 0.480. The van der Waals surface area contributed by atoms with Crippen molar-refractivity contribution in [1.82, 2.24) is 19.9 Å². The van der Waals surface area contributed by atoms with Crippen LogP contribution in [0.5, 0.6) is 0 Å². The van der Waals surface area contributed by atoms with Gasteiger partial charge in [-0.25, -0.2) is 9.07 Å². The molecule has 6 heteroatoms. The fraction of sp³-hybridized carbons (Fsp3) is 0.200. The lowest BCUT2D eigenvalue weighted by molar-refractivity contribution is 0.0337. The highest BCUT2D eigenvalue weighted by Crippen LogP contribution is 2.29. The van der Waals surface area contributed by atoms with Crippen LogP contribution in [0.4, 0.5) is 4.39 Å². The maximum absolute atomic E-state index is 14.8. The summed E-state index contributed by atoms with van der Waals surface area (Å²) >= 11 is 0. The number of nitrogens with zero attached hydrogens (tertiary/aromatic N) is 4. The van der Waals surface area contributed by atoms with Gasteiger partial charge in [-0.2, -0.15) is 0 Å². The van der Waals surface area contributed by atoms with E-state index < -0.39 is 0 Å². The SMILES string of the molecule is Fc1ccccc1-c1c(CN2CCOCC2)nnn1-c1ccc(-c2ccccc2)cc1. The zero-order chi connectivity index (χ0) is 21.0. The first-order valence-corrected chi connectivity index (χ1v) is 10.4. The Labute approximate surface area is 180 Å². The summed E-state index contributed by atoms with van der Waals surface area (Å²) in [7, 11) is 0. The van der Waals surface area contributed by atoms with Crippen molar-refractivity contribution in [2.24, 2.45) is 0 Å². The Morgan fingerprint density at radius 3 is 2.23 bits per heavy atom. The molecule has 0 saturated carbocycles. The molecule has 1 saturated heterocycles. The Hall–Kier alpha value is -3.35. The molecule has 5 nitrogen and oxygen atoms in total. The number of rotatable bonds is 5. The molecule has 31 heavy (non-hydrogen) atoms. The van der Waals surface area contributed by atoms with Crippen molar-refractivity contribution in [3.05, 3.63) is 90.4 Å². The van der Waals surface area contributed by atoms with E-state index in [1.807, 2.05) is 36.4 Å². The third-order valence-corrected chi connectivity index (χ3v) is 5.57. The Bertz CT molecular complexity index is 1150. The van der Waals surface area contributed by atoms with Crippen molar-refractivity contribution in [2.75, 3.05) is 26.3 Å². The number of hydrogen-bond acceptors (Lipinski definition) is 4. The molecule has 0 N–H and O–H groups in total. The third-order valence-electron chi connectivity index (χ3n) is 5.57. The van der Waals surface area contributed by atoms with Crippen LogP contribution in [0, 0.1) is 5.82 Å². The highest BCUT2D eigenvalue weighted by molar-refractivity contribution is 5.67. The first-order valence-electron chi connectivity index (χ1n) is 10.4. The average molecular weight is 414 g/mol. The summed E-state index contributed by atoms with van der Waals surface area (Å²) in [5.74, 6) is -0.282. The summed E-state index contributed by atoms with van der Waals surface area (Å²) in [6.07, 6.45) is 0. The highest BCUT2D eigenvalue weighted by atomic mass is 19.1. The van der Waals surface area contributed by atoms with Crippen LogP contribution < -0.4 is 0 Å². The summed E-state index contributed by atoms with van der Waals surface area (Å²) in [5, 5.41) is 8.86. The Balaban J connectivity index is 1.54. The van der Waals surface area contributed by atoms with E-state index in [9.17, 15) is 4.39 Å². The van der Waals surface area contributed by atoms with Gasteiger partial charge in [0.15, 0.2) is 0 Å². The number of hydrogen-bond donors (Lipinski definition) is 0. The summed E-state index contributed by atoms with van der Waals surface area (Å²) in [5.41, 5.74) is 5.07. The molecule has 3 aromatic carbocycles. The monoisotopic (exact) mass is 414 g/mol. The molecule has 1 aliphatic heterocycles. The third kappa shape index (κ3) is 4.13. The van der Waals surface area contributed by atoms with Crippen LogP contribution in [-0.2, 0) is 11.3 Å². The molecule has 156 valence electrons. The first kappa shape index (κ1) is 19.6. The van der Waals surface area contributed by atoms with E-state index >= 15 is 0 Å². The number of ether oxygens (including phenoxy) is 1. The first-order chi connectivity index (χ1) is 15.3. The molecule has 2 heterocycles. The zero-order valence-electron chi connectivity index (χ0n) is 17.1. The minimum Gasteiger partial charge on any atom is -0.379 e. The van der Waals surface area contributed by atoms with E-state index in [0.717, 1.165) is 35.6 Å². The van der Waals surface area contributed by atoms with Gasteiger partial charge in [-0.15, -0.1) is 5.10 Å². The zero-order valence-corrected chi connectivity index (χ0v) is 17.1.